The number of anilines is 1. The van der Waals surface area contributed by atoms with Crippen molar-refractivity contribution in [3.8, 4) is 16.9 Å². The fourth-order valence-electron chi connectivity index (χ4n) is 4.14. The molecule has 1 aromatic carbocycles. The van der Waals surface area contributed by atoms with Crippen LogP contribution in [0.15, 0.2) is 48.8 Å². The number of alkyl halides is 3. The first kappa shape index (κ1) is 27.8. The number of benzene rings is 1. The van der Waals surface area contributed by atoms with Crippen molar-refractivity contribution >= 4 is 17.6 Å². The number of aromatic hydroxyl groups is 1. The minimum atomic E-state index is -4.52. The van der Waals surface area contributed by atoms with Gasteiger partial charge in [-0.3, -0.25) is 14.6 Å². The summed E-state index contributed by atoms with van der Waals surface area (Å²) < 4.78 is 37.0. The standard InChI is InChI=1S/C27H29F3N6O3/c1-26(2,3)20-11-17(19-13-21(37)15-31-14-19)10-18(12-20)25(39)36-8-6-35(7-9-36)23-5-4-22(33-34-23)24(38)32-16-27(28,29)30/h4-5,10-15,37H,6-9,16H2,1-3H3,(H,32,38). The number of hydrogen-bond donors (Lipinski definition) is 2. The Hall–Kier alpha value is -4.22. The third-order valence-electron chi connectivity index (χ3n) is 6.33. The number of carbonyl (C=O) groups excluding carboxylic acids is 2. The molecule has 1 aliphatic rings. The number of pyridine rings is 1. The Labute approximate surface area is 223 Å². The van der Waals surface area contributed by atoms with E-state index in [4.69, 9.17) is 0 Å². The van der Waals surface area contributed by atoms with Crippen molar-refractivity contribution in [1.29, 1.82) is 0 Å². The zero-order chi connectivity index (χ0) is 28.4. The lowest BCUT2D eigenvalue weighted by atomic mass is 9.84. The zero-order valence-electron chi connectivity index (χ0n) is 21.8. The van der Waals surface area contributed by atoms with Crippen LogP contribution in [0.1, 0.15) is 47.2 Å². The Balaban J connectivity index is 1.45. The van der Waals surface area contributed by atoms with Gasteiger partial charge in [0.15, 0.2) is 11.5 Å². The van der Waals surface area contributed by atoms with Gasteiger partial charge in [0.2, 0.25) is 0 Å². The lowest BCUT2D eigenvalue weighted by molar-refractivity contribution is -0.123. The second-order valence-corrected chi connectivity index (χ2v) is 10.3. The third-order valence-corrected chi connectivity index (χ3v) is 6.33. The van der Waals surface area contributed by atoms with Gasteiger partial charge in [0.25, 0.3) is 11.8 Å². The molecule has 0 saturated carbocycles. The van der Waals surface area contributed by atoms with Crippen molar-refractivity contribution < 1.29 is 27.9 Å². The number of nitrogens with zero attached hydrogens (tertiary/aromatic N) is 5. The van der Waals surface area contributed by atoms with E-state index in [0.717, 1.165) is 11.1 Å². The van der Waals surface area contributed by atoms with E-state index in [-0.39, 0.29) is 22.8 Å². The predicted molar refractivity (Wildman–Crippen MR) is 139 cm³/mol. The van der Waals surface area contributed by atoms with E-state index in [1.54, 1.807) is 28.5 Å². The highest BCUT2D eigenvalue weighted by molar-refractivity contribution is 5.96. The van der Waals surface area contributed by atoms with Crippen LogP contribution in [0.2, 0.25) is 0 Å². The zero-order valence-corrected chi connectivity index (χ0v) is 21.8. The lowest BCUT2D eigenvalue weighted by Crippen LogP contribution is -2.49. The summed E-state index contributed by atoms with van der Waals surface area (Å²) in [5, 5.41) is 19.4. The van der Waals surface area contributed by atoms with Gasteiger partial charge in [-0.15, -0.1) is 10.2 Å². The second-order valence-electron chi connectivity index (χ2n) is 10.3. The average Bonchev–Trinajstić information content (AvgIpc) is 2.90. The molecule has 0 bridgehead atoms. The minimum absolute atomic E-state index is 0.0377. The van der Waals surface area contributed by atoms with E-state index in [1.807, 2.05) is 17.0 Å². The molecule has 1 aliphatic heterocycles. The highest BCUT2D eigenvalue weighted by atomic mass is 19.4. The highest BCUT2D eigenvalue weighted by Gasteiger charge is 2.29. The molecule has 9 nitrogen and oxygen atoms in total. The van der Waals surface area contributed by atoms with E-state index >= 15 is 0 Å². The Morgan fingerprint density at radius 1 is 0.949 bits per heavy atom. The lowest BCUT2D eigenvalue weighted by Gasteiger charge is -2.35. The molecule has 0 radical (unpaired) electrons. The Bertz CT molecular complexity index is 1350. The van der Waals surface area contributed by atoms with Crippen LogP contribution in [0.5, 0.6) is 5.75 Å². The van der Waals surface area contributed by atoms with E-state index in [2.05, 4.69) is 36.0 Å². The molecule has 39 heavy (non-hydrogen) atoms. The van der Waals surface area contributed by atoms with Crippen LogP contribution < -0.4 is 10.2 Å². The molecule has 0 spiro atoms. The third kappa shape index (κ3) is 7.01. The molecule has 0 aliphatic carbocycles. The van der Waals surface area contributed by atoms with Gasteiger partial charge in [0.1, 0.15) is 12.3 Å². The van der Waals surface area contributed by atoms with E-state index in [9.17, 15) is 27.9 Å². The first-order valence-corrected chi connectivity index (χ1v) is 12.3. The van der Waals surface area contributed by atoms with Gasteiger partial charge < -0.3 is 20.2 Å². The summed E-state index contributed by atoms with van der Waals surface area (Å²) in [4.78, 5) is 33.1. The molecule has 1 fully saturated rings. The number of aromatic nitrogens is 3. The summed E-state index contributed by atoms with van der Waals surface area (Å²) in [5.41, 5.74) is 2.55. The molecule has 0 unspecified atom stereocenters. The molecule has 4 rings (SSSR count). The van der Waals surface area contributed by atoms with E-state index < -0.39 is 18.6 Å². The summed E-state index contributed by atoms with van der Waals surface area (Å²) in [6.07, 6.45) is -1.53. The number of piperazine rings is 1. The van der Waals surface area contributed by atoms with E-state index in [1.165, 1.54) is 18.3 Å². The Morgan fingerprint density at radius 3 is 2.26 bits per heavy atom. The van der Waals surface area contributed by atoms with Crippen LogP contribution in [-0.2, 0) is 5.41 Å². The van der Waals surface area contributed by atoms with Crippen LogP contribution in [0.4, 0.5) is 19.0 Å². The van der Waals surface area contributed by atoms with Crippen LogP contribution in [0.25, 0.3) is 11.1 Å². The number of nitrogens with one attached hydrogen (secondary N) is 1. The smallest absolute Gasteiger partial charge is 0.405 e. The molecule has 3 aromatic rings. The molecule has 2 amide bonds. The van der Waals surface area contributed by atoms with Gasteiger partial charge in [0, 0.05) is 43.5 Å². The summed E-state index contributed by atoms with van der Waals surface area (Å²) in [5.74, 6) is -0.586. The van der Waals surface area contributed by atoms with Crippen molar-refractivity contribution in [2.75, 3.05) is 37.6 Å². The van der Waals surface area contributed by atoms with Gasteiger partial charge in [-0.1, -0.05) is 26.8 Å². The molecule has 0 atom stereocenters. The van der Waals surface area contributed by atoms with Crippen LogP contribution in [0, 0.1) is 0 Å². The number of hydrogen-bond acceptors (Lipinski definition) is 7. The number of amides is 2. The largest absolute Gasteiger partial charge is 0.506 e. The van der Waals surface area contributed by atoms with Gasteiger partial charge in [-0.2, -0.15) is 13.2 Å². The monoisotopic (exact) mass is 542 g/mol. The van der Waals surface area contributed by atoms with E-state index in [0.29, 0.717) is 43.1 Å². The first-order chi connectivity index (χ1) is 18.3. The SMILES string of the molecule is CC(C)(C)c1cc(C(=O)N2CCN(c3ccc(C(=O)NCC(F)(F)F)nn3)CC2)cc(-c2cncc(O)c2)c1. The number of carbonyl (C=O) groups is 2. The maximum Gasteiger partial charge on any atom is 0.405 e. The van der Waals surface area contributed by atoms with Crippen molar-refractivity contribution in [1.82, 2.24) is 25.4 Å². The summed E-state index contributed by atoms with van der Waals surface area (Å²) in [6.45, 7) is 6.49. The molecule has 12 heteroatoms. The van der Waals surface area contributed by atoms with Crippen LogP contribution in [-0.4, -0.2) is 75.9 Å². The summed E-state index contributed by atoms with van der Waals surface area (Å²) in [6, 6.07) is 10.1. The molecule has 206 valence electrons. The molecule has 3 heterocycles. The Morgan fingerprint density at radius 2 is 1.67 bits per heavy atom. The predicted octanol–water partition coefficient (Wildman–Crippen LogP) is 3.80. The molecule has 2 N–H and O–H groups in total. The van der Waals surface area contributed by atoms with Crippen LogP contribution >= 0.6 is 0 Å². The fraction of sp³-hybridized carbons (Fsp3) is 0.370. The topological polar surface area (TPSA) is 112 Å². The Kier molecular flexibility index (Phi) is 7.75. The van der Waals surface area contributed by atoms with Crippen LogP contribution in [0.3, 0.4) is 0 Å². The normalized spacial score (nSPS) is 14.3. The fourth-order valence-corrected chi connectivity index (χ4v) is 4.14. The summed E-state index contributed by atoms with van der Waals surface area (Å²) in [7, 11) is 0. The first-order valence-electron chi connectivity index (χ1n) is 12.3. The van der Waals surface area contributed by atoms with Gasteiger partial charge in [0.05, 0.1) is 6.20 Å². The highest BCUT2D eigenvalue weighted by Crippen LogP contribution is 2.31. The molecule has 1 saturated heterocycles. The van der Waals surface area contributed by atoms with Crippen molar-refractivity contribution in [2.45, 2.75) is 32.4 Å². The second kappa shape index (κ2) is 10.9. The van der Waals surface area contributed by atoms with Crippen molar-refractivity contribution in [3.63, 3.8) is 0 Å². The van der Waals surface area contributed by atoms with Crippen molar-refractivity contribution in [3.05, 3.63) is 65.6 Å². The minimum Gasteiger partial charge on any atom is -0.506 e. The number of rotatable bonds is 5. The maximum absolute atomic E-state index is 13.5. The quantitative estimate of drug-likeness (QED) is 0.505. The maximum atomic E-state index is 13.5. The van der Waals surface area contributed by atoms with Gasteiger partial charge >= 0.3 is 6.18 Å². The molecular formula is C27H29F3N6O3. The van der Waals surface area contributed by atoms with Gasteiger partial charge in [-0.25, -0.2) is 0 Å². The molecular weight excluding hydrogens is 513 g/mol. The van der Waals surface area contributed by atoms with Gasteiger partial charge in [-0.05, 0) is 46.9 Å². The average molecular weight is 543 g/mol. The molecule has 2 aromatic heterocycles. The summed E-state index contributed by atoms with van der Waals surface area (Å²) >= 11 is 0. The van der Waals surface area contributed by atoms with Crippen molar-refractivity contribution in [2.24, 2.45) is 0 Å². The number of halogens is 3.